The highest BCUT2D eigenvalue weighted by Crippen LogP contribution is 2.49. The lowest BCUT2D eigenvalue weighted by Gasteiger charge is -2.54. The summed E-state index contributed by atoms with van der Waals surface area (Å²) in [6, 6.07) is 5.59. The van der Waals surface area contributed by atoms with Crippen molar-refractivity contribution in [1.82, 2.24) is 19.8 Å². The topological polar surface area (TPSA) is 67.2 Å². The van der Waals surface area contributed by atoms with E-state index in [2.05, 4.69) is 10.3 Å². The molecule has 0 bridgehead atoms. The molecule has 2 fully saturated rings. The van der Waals surface area contributed by atoms with E-state index in [0.29, 0.717) is 11.1 Å². The van der Waals surface area contributed by atoms with Crippen molar-refractivity contribution in [3.8, 4) is 0 Å². The summed E-state index contributed by atoms with van der Waals surface area (Å²) in [5.41, 5.74) is 1.55. The fraction of sp³-hybridized carbons (Fsp3) is 0.450. The minimum atomic E-state index is 0.00460. The zero-order chi connectivity index (χ0) is 18.1. The molecule has 2 amide bonds. The molecule has 1 aliphatic heterocycles. The Morgan fingerprint density at radius 1 is 1.12 bits per heavy atom. The minimum Gasteiger partial charge on any atom is -0.356 e. The lowest BCUT2D eigenvalue weighted by molar-refractivity contribution is -0.00231. The van der Waals surface area contributed by atoms with Gasteiger partial charge in [-0.3, -0.25) is 14.6 Å². The van der Waals surface area contributed by atoms with E-state index in [9.17, 15) is 9.59 Å². The molecule has 6 nitrogen and oxygen atoms in total. The Balaban J connectivity index is 1.36. The first-order chi connectivity index (χ1) is 12.6. The lowest BCUT2D eigenvalue weighted by atomic mass is 9.59. The van der Waals surface area contributed by atoms with Crippen molar-refractivity contribution in [2.24, 2.45) is 12.5 Å². The molecule has 6 heteroatoms. The zero-order valence-electron chi connectivity index (χ0n) is 15.0. The number of amides is 2. The number of carbonyl (C=O) groups excluding carboxylic acids is 2. The minimum absolute atomic E-state index is 0.00460. The van der Waals surface area contributed by atoms with Crippen molar-refractivity contribution >= 4 is 11.8 Å². The van der Waals surface area contributed by atoms with Crippen LogP contribution in [0, 0.1) is 5.41 Å². The van der Waals surface area contributed by atoms with Gasteiger partial charge in [0.05, 0.1) is 5.56 Å². The number of carbonyl (C=O) groups is 2. The highest BCUT2D eigenvalue weighted by atomic mass is 16.2. The number of pyridine rings is 1. The predicted octanol–water partition coefficient (Wildman–Crippen LogP) is 2.23. The molecule has 2 aliphatic rings. The van der Waals surface area contributed by atoms with Gasteiger partial charge in [0.1, 0.15) is 0 Å². The SMILES string of the molecule is Cn1ccc(C(=O)N[C@H]2CCC23CCN(C(=O)c2ccncc2)CC3)c1. The van der Waals surface area contributed by atoms with Crippen molar-refractivity contribution < 1.29 is 9.59 Å². The van der Waals surface area contributed by atoms with E-state index in [-0.39, 0.29) is 23.3 Å². The van der Waals surface area contributed by atoms with Crippen LogP contribution in [0.4, 0.5) is 0 Å². The summed E-state index contributed by atoms with van der Waals surface area (Å²) in [5, 5.41) is 3.22. The van der Waals surface area contributed by atoms with Crippen LogP contribution in [0.2, 0.25) is 0 Å². The van der Waals surface area contributed by atoms with Crippen LogP contribution in [0.3, 0.4) is 0 Å². The molecular weight excluding hydrogens is 328 g/mol. The maximum atomic E-state index is 12.6. The molecule has 1 saturated heterocycles. The maximum Gasteiger partial charge on any atom is 0.253 e. The molecule has 0 unspecified atom stereocenters. The number of piperidine rings is 1. The Bertz CT molecular complexity index is 806. The fourth-order valence-electron chi connectivity index (χ4n) is 4.23. The molecule has 0 aromatic carbocycles. The molecule has 1 saturated carbocycles. The Hall–Kier alpha value is -2.63. The number of hydrogen-bond donors (Lipinski definition) is 1. The van der Waals surface area contributed by atoms with Crippen LogP contribution in [0.5, 0.6) is 0 Å². The Morgan fingerprint density at radius 2 is 1.85 bits per heavy atom. The lowest BCUT2D eigenvalue weighted by Crippen LogP contribution is -2.59. The number of aromatic nitrogens is 2. The van der Waals surface area contributed by atoms with Crippen LogP contribution in [0.1, 0.15) is 46.4 Å². The summed E-state index contributed by atoms with van der Waals surface area (Å²) in [6.45, 7) is 1.50. The number of hydrogen-bond acceptors (Lipinski definition) is 3. The van der Waals surface area contributed by atoms with Crippen LogP contribution in [0.25, 0.3) is 0 Å². The van der Waals surface area contributed by atoms with Gasteiger partial charge in [-0.1, -0.05) is 0 Å². The molecule has 136 valence electrons. The number of nitrogens with one attached hydrogen (secondary N) is 1. The third-order valence-corrected chi connectivity index (χ3v) is 6.04. The molecule has 0 radical (unpaired) electrons. The van der Waals surface area contributed by atoms with E-state index < -0.39 is 0 Å². The van der Waals surface area contributed by atoms with Gasteiger partial charge in [-0.15, -0.1) is 0 Å². The molecular formula is C20H24N4O2. The van der Waals surface area contributed by atoms with Gasteiger partial charge < -0.3 is 14.8 Å². The molecule has 2 aromatic heterocycles. The van der Waals surface area contributed by atoms with Gasteiger partial charge in [-0.25, -0.2) is 0 Å². The second kappa shape index (κ2) is 6.59. The smallest absolute Gasteiger partial charge is 0.253 e. The van der Waals surface area contributed by atoms with Gasteiger partial charge >= 0.3 is 0 Å². The molecule has 26 heavy (non-hydrogen) atoms. The highest BCUT2D eigenvalue weighted by Gasteiger charge is 2.49. The first kappa shape index (κ1) is 16.8. The van der Waals surface area contributed by atoms with Crippen LogP contribution >= 0.6 is 0 Å². The maximum absolute atomic E-state index is 12.6. The summed E-state index contributed by atoms with van der Waals surface area (Å²) >= 11 is 0. The van der Waals surface area contributed by atoms with Gasteiger partial charge in [0.25, 0.3) is 11.8 Å². The quantitative estimate of drug-likeness (QED) is 0.921. The molecule has 1 N–H and O–H groups in total. The van der Waals surface area contributed by atoms with Crippen LogP contribution in [-0.2, 0) is 7.05 Å². The molecule has 1 atom stereocenters. The summed E-state index contributed by atoms with van der Waals surface area (Å²) in [6.07, 6.45) is 11.1. The summed E-state index contributed by atoms with van der Waals surface area (Å²) < 4.78 is 1.88. The second-order valence-corrected chi connectivity index (χ2v) is 7.52. The molecule has 1 spiro atoms. The van der Waals surface area contributed by atoms with E-state index in [0.717, 1.165) is 38.8 Å². The van der Waals surface area contributed by atoms with Gasteiger partial charge in [-0.2, -0.15) is 0 Å². The van der Waals surface area contributed by atoms with Crippen LogP contribution in [-0.4, -0.2) is 45.4 Å². The summed E-state index contributed by atoms with van der Waals surface area (Å²) in [5.74, 6) is 0.0800. The van der Waals surface area contributed by atoms with Crippen molar-refractivity contribution in [2.45, 2.75) is 31.7 Å². The number of likely N-dealkylation sites (tertiary alicyclic amines) is 1. The van der Waals surface area contributed by atoms with E-state index in [1.165, 1.54) is 0 Å². The standard InChI is InChI=1S/C20H24N4O2/c1-23-11-5-16(14-23)18(25)22-17-2-6-20(17)7-12-24(13-8-20)19(26)15-3-9-21-10-4-15/h3-5,9-11,14,17H,2,6-8,12-13H2,1H3,(H,22,25)/t17-/m0/s1. The Labute approximate surface area is 153 Å². The molecule has 2 aromatic rings. The average molecular weight is 352 g/mol. The van der Waals surface area contributed by atoms with E-state index in [4.69, 9.17) is 0 Å². The third-order valence-electron chi connectivity index (χ3n) is 6.04. The molecule has 4 rings (SSSR count). The number of nitrogens with zero attached hydrogens (tertiary/aromatic N) is 3. The van der Waals surface area contributed by atoms with Crippen molar-refractivity contribution in [3.05, 3.63) is 54.1 Å². The van der Waals surface area contributed by atoms with E-state index in [1.54, 1.807) is 24.5 Å². The van der Waals surface area contributed by atoms with Crippen molar-refractivity contribution in [3.63, 3.8) is 0 Å². The van der Waals surface area contributed by atoms with Crippen LogP contribution < -0.4 is 5.32 Å². The number of rotatable bonds is 3. The van der Waals surface area contributed by atoms with Gasteiger partial charge in [0, 0.05) is 56.5 Å². The first-order valence-corrected chi connectivity index (χ1v) is 9.20. The first-order valence-electron chi connectivity index (χ1n) is 9.20. The molecule has 1 aliphatic carbocycles. The summed E-state index contributed by atoms with van der Waals surface area (Å²) in [7, 11) is 1.91. The fourth-order valence-corrected chi connectivity index (χ4v) is 4.23. The second-order valence-electron chi connectivity index (χ2n) is 7.52. The monoisotopic (exact) mass is 352 g/mol. The van der Waals surface area contributed by atoms with Crippen molar-refractivity contribution in [1.29, 1.82) is 0 Å². The number of aryl methyl sites for hydroxylation is 1. The van der Waals surface area contributed by atoms with Gasteiger partial charge in [0.2, 0.25) is 0 Å². The summed E-state index contributed by atoms with van der Waals surface area (Å²) in [4.78, 5) is 30.9. The zero-order valence-corrected chi connectivity index (χ0v) is 15.0. The average Bonchev–Trinajstić information content (AvgIpc) is 3.12. The third kappa shape index (κ3) is 3.00. The molecule has 3 heterocycles. The van der Waals surface area contributed by atoms with E-state index in [1.807, 2.05) is 35.0 Å². The van der Waals surface area contributed by atoms with Gasteiger partial charge in [0.15, 0.2) is 0 Å². The van der Waals surface area contributed by atoms with Crippen LogP contribution in [0.15, 0.2) is 43.0 Å². The van der Waals surface area contributed by atoms with E-state index >= 15 is 0 Å². The predicted molar refractivity (Wildman–Crippen MR) is 97.7 cm³/mol. The Morgan fingerprint density at radius 3 is 2.42 bits per heavy atom. The largest absolute Gasteiger partial charge is 0.356 e. The highest BCUT2D eigenvalue weighted by molar-refractivity contribution is 5.95. The van der Waals surface area contributed by atoms with Crippen molar-refractivity contribution in [2.75, 3.05) is 13.1 Å². The Kier molecular flexibility index (Phi) is 4.26. The van der Waals surface area contributed by atoms with Gasteiger partial charge in [-0.05, 0) is 49.3 Å². The normalized spacial score (nSPS) is 21.3.